The van der Waals surface area contributed by atoms with Crippen LogP contribution in [0.25, 0.3) is 0 Å². The molecule has 0 aliphatic carbocycles. The fourth-order valence-electron chi connectivity index (χ4n) is 3.55. The number of phosphoric acid groups is 1. The summed E-state index contributed by atoms with van der Waals surface area (Å²) >= 11 is 0. The molecular weight excluding hydrogens is 525 g/mol. The summed E-state index contributed by atoms with van der Waals surface area (Å²) in [5.74, 6) is -0.899. The minimum absolute atomic E-state index is 0.214. The summed E-state index contributed by atoms with van der Waals surface area (Å²) < 4.78 is 26.6. The van der Waals surface area contributed by atoms with Gasteiger partial charge in [0.1, 0.15) is 13.2 Å². The van der Waals surface area contributed by atoms with Gasteiger partial charge in [-0.2, -0.15) is 0 Å². The Bertz CT molecular complexity index is 635. The molecule has 0 saturated carbocycles. The van der Waals surface area contributed by atoms with Gasteiger partial charge < -0.3 is 28.9 Å². The maximum Gasteiger partial charge on any atom is 0.469 e. The number of carbonyl (C=O) groups excluding carboxylic acids is 2. The van der Waals surface area contributed by atoms with Gasteiger partial charge in [-0.1, -0.05) is 90.9 Å². The molecule has 1 atom stereocenters. The maximum absolute atomic E-state index is 12.1. The van der Waals surface area contributed by atoms with Crippen molar-refractivity contribution in [2.45, 2.75) is 123 Å². The summed E-state index contributed by atoms with van der Waals surface area (Å²) in [6, 6.07) is 0. The van der Waals surface area contributed by atoms with Crippen molar-refractivity contribution < 1.29 is 47.5 Å². The van der Waals surface area contributed by atoms with Crippen molar-refractivity contribution in [3.05, 3.63) is 0 Å². The number of ether oxygens (including phenoxy) is 2. The Morgan fingerprint density at radius 3 is 1.54 bits per heavy atom. The monoisotopic (exact) mass is 584 g/mol. The molecule has 39 heavy (non-hydrogen) atoms. The smallest absolute Gasteiger partial charge is 0.462 e. The van der Waals surface area contributed by atoms with Crippen molar-refractivity contribution in [1.29, 1.82) is 0 Å². The minimum Gasteiger partial charge on any atom is -0.462 e. The SMILES string of the molecule is CCCCCCCCCC(=O)OC[C@H](COP(=O)(O)O)OC(=O)CCCCCCCCC.C[N+](C)(C)CCO. The molecule has 0 aromatic rings. The average molecular weight is 585 g/mol. The van der Waals surface area contributed by atoms with Gasteiger partial charge in [-0.3, -0.25) is 14.1 Å². The zero-order chi connectivity index (χ0) is 30.0. The highest BCUT2D eigenvalue weighted by atomic mass is 31.2. The molecule has 0 aromatic heterocycles. The third-order valence-electron chi connectivity index (χ3n) is 5.90. The Labute approximate surface area is 237 Å². The third-order valence-corrected chi connectivity index (χ3v) is 6.38. The number of hydrogen-bond acceptors (Lipinski definition) is 7. The fraction of sp³-hybridized carbons (Fsp3) is 0.929. The molecule has 11 heteroatoms. The lowest BCUT2D eigenvalue weighted by atomic mass is 10.1. The van der Waals surface area contributed by atoms with Gasteiger partial charge in [0.2, 0.25) is 0 Å². The van der Waals surface area contributed by atoms with Crippen LogP contribution >= 0.6 is 7.82 Å². The summed E-state index contributed by atoms with van der Waals surface area (Å²) in [5, 5.41) is 8.39. The van der Waals surface area contributed by atoms with Crippen LogP contribution in [0, 0.1) is 0 Å². The first-order valence-corrected chi connectivity index (χ1v) is 16.3. The molecular formula is C28H59NO9P+. The highest BCUT2D eigenvalue weighted by molar-refractivity contribution is 7.46. The Morgan fingerprint density at radius 1 is 0.718 bits per heavy atom. The van der Waals surface area contributed by atoms with Crippen LogP contribution in [0.1, 0.15) is 117 Å². The Kier molecular flexibility index (Phi) is 26.6. The van der Waals surface area contributed by atoms with Crippen LogP contribution in [-0.4, -0.2) is 84.9 Å². The van der Waals surface area contributed by atoms with Gasteiger partial charge in [0, 0.05) is 12.8 Å². The quantitative estimate of drug-likeness (QED) is 0.0579. The van der Waals surface area contributed by atoms with E-state index in [1.54, 1.807) is 0 Å². The number of aliphatic hydroxyl groups is 1. The number of hydrogen-bond donors (Lipinski definition) is 3. The highest BCUT2D eigenvalue weighted by Crippen LogP contribution is 2.35. The number of nitrogens with zero attached hydrogens (tertiary/aromatic N) is 1. The topological polar surface area (TPSA) is 140 Å². The molecule has 10 nitrogen and oxygen atoms in total. The molecule has 0 fully saturated rings. The van der Waals surface area contributed by atoms with Gasteiger partial charge in [0.05, 0.1) is 34.4 Å². The van der Waals surface area contributed by atoms with Gasteiger partial charge in [-0.15, -0.1) is 0 Å². The zero-order valence-electron chi connectivity index (χ0n) is 25.4. The third kappa shape index (κ3) is 34.9. The summed E-state index contributed by atoms with van der Waals surface area (Å²) in [6.07, 6.45) is 14.5. The Morgan fingerprint density at radius 2 is 1.15 bits per heavy atom. The van der Waals surface area contributed by atoms with E-state index in [1.165, 1.54) is 44.9 Å². The molecule has 0 heterocycles. The zero-order valence-corrected chi connectivity index (χ0v) is 26.3. The van der Waals surface area contributed by atoms with E-state index in [-0.39, 0.29) is 26.1 Å². The van der Waals surface area contributed by atoms with Crippen molar-refractivity contribution >= 4 is 19.8 Å². The molecule has 0 spiro atoms. The Balaban J connectivity index is 0. The molecule has 0 saturated heterocycles. The van der Waals surface area contributed by atoms with E-state index in [0.29, 0.717) is 6.42 Å². The standard InChI is InChI=1S/C23H45O8P.C5H14NO/c1-3-5-7-9-11-13-15-17-22(24)29-19-21(20-30-32(26,27)28)31-23(25)18-16-14-12-10-8-6-4-2;1-6(2,3)4-5-7/h21H,3-20H2,1-2H3,(H2,26,27,28);7H,4-5H2,1-3H3/q;+1/t21-;/m1./s1. The van der Waals surface area contributed by atoms with Crippen LogP contribution in [0.15, 0.2) is 0 Å². The molecule has 0 aromatic carbocycles. The minimum atomic E-state index is -4.72. The Hall–Kier alpha value is -1.03. The number of rotatable bonds is 24. The van der Waals surface area contributed by atoms with Crippen LogP contribution in [0.2, 0.25) is 0 Å². The lowest BCUT2D eigenvalue weighted by Crippen LogP contribution is -2.36. The molecule has 0 aliphatic heterocycles. The van der Waals surface area contributed by atoms with Gasteiger partial charge >= 0.3 is 19.8 Å². The second-order valence-electron chi connectivity index (χ2n) is 11.1. The molecule has 234 valence electrons. The van der Waals surface area contributed by atoms with Crippen molar-refractivity contribution in [2.24, 2.45) is 0 Å². The second kappa shape index (κ2) is 25.9. The summed E-state index contributed by atoms with van der Waals surface area (Å²) in [4.78, 5) is 41.8. The number of likely N-dealkylation sites (N-methyl/N-ethyl adjacent to an activating group) is 1. The van der Waals surface area contributed by atoms with Crippen LogP contribution < -0.4 is 0 Å². The van der Waals surface area contributed by atoms with Crippen molar-refractivity contribution in [2.75, 3.05) is 47.5 Å². The molecule has 3 N–H and O–H groups in total. The number of quaternary nitrogens is 1. The van der Waals surface area contributed by atoms with Gasteiger partial charge in [0.25, 0.3) is 0 Å². The van der Waals surface area contributed by atoms with Crippen molar-refractivity contribution in [3.8, 4) is 0 Å². The number of carbonyl (C=O) groups is 2. The maximum atomic E-state index is 12.1. The molecule has 0 radical (unpaired) electrons. The summed E-state index contributed by atoms with van der Waals surface area (Å²) in [5.41, 5.74) is 0. The van der Waals surface area contributed by atoms with E-state index in [2.05, 4.69) is 39.5 Å². The predicted octanol–water partition coefficient (Wildman–Crippen LogP) is 5.52. The van der Waals surface area contributed by atoms with Crippen LogP contribution in [-0.2, 0) is 28.2 Å². The van der Waals surface area contributed by atoms with Gasteiger partial charge in [0.15, 0.2) is 6.10 Å². The van der Waals surface area contributed by atoms with Crippen molar-refractivity contribution in [3.63, 3.8) is 0 Å². The first-order valence-electron chi connectivity index (χ1n) is 14.8. The van der Waals surface area contributed by atoms with E-state index in [0.717, 1.165) is 49.6 Å². The molecule has 0 unspecified atom stereocenters. The number of unbranched alkanes of at least 4 members (excludes halogenated alkanes) is 12. The fourth-order valence-corrected chi connectivity index (χ4v) is 3.91. The van der Waals surface area contributed by atoms with E-state index < -0.39 is 32.5 Å². The summed E-state index contributed by atoms with van der Waals surface area (Å²) in [7, 11) is 1.44. The van der Waals surface area contributed by atoms with E-state index in [9.17, 15) is 14.2 Å². The number of phosphoric ester groups is 1. The predicted molar refractivity (Wildman–Crippen MR) is 154 cm³/mol. The van der Waals surface area contributed by atoms with E-state index >= 15 is 0 Å². The molecule has 0 rings (SSSR count). The van der Waals surface area contributed by atoms with E-state index in [1.807, 2.05) is 0 Å². The molecule has 0 aliphatic rings. The highest BCUT2D eigenvalue weighted by Gasteiger charge is 2.22. The van der Waals surface area contributed by atoms with E-state index in [4.69, 9.17) is 24.4 Å². The van der Waals surface area contributed by atoms with Gasteiger partial charge in [-0.05, 0) is 12.8 Å². The first-order chi connectivity index (χ1) is 18.3. The number of aliphatic hydroxyl groups excluding tert-OH is 1. The first kappa shape index (κ1) is 40.1. The largest absolute Gasteiger partial charge is 0.469 e. The normalized spacial score (nSPS) is 12.4. The van der Waals surface area contributed by atoms with Crippen LogP contribution in [0.4, 0.5) is 0 Å². The van der Waals surface area contributed by atoms with Crippen LogP contribution in [0.5, 0.6) is 0 Å². The average Bonchev–Trinajstić information content (AvgIpc) is 2.83. The molecule has 0 amide bonds. The number of esters is 2. The lowest BCUT2D eigenvalue weighted by Gasteiger charge is -2.21. The van der Waals surface area contributed by atoms with Gasteiger partial charge in [-0.25, -0.2) is 4.57 Å². The summed E-state index contributed by atoms with van der Waals surface area (Å²) in [6.45, 7) is 4.63. The lowest BCUT2D eigenvalue weighted by molar-refractivity contribution is -0.870. The molecule has 0 bridgehead atoms. The second-order valence-corrected chi connectivity index (χ2v) is 12.3. The van der Waals surface area contributed by atoms with Crippen molar-refractivity contribution in [1.82, 2.24) is 0 Å². The van der Waals surface area contributed by atoms with Crippen LogP contribution in [0.3, 0.4) is 0 Å².